The summed E-state index contributed by atoms with van der Waals surface area (Å²) in [6.45, 7) is 3.11. The van der Waals surface area contributed by atoms with Crippen molar-refractivity contribution in [1.29, 1.82) is 0 Å². The van der Waals surface area contributed by atoms with Crippen molar-refractivity contribution >= 4 is 11.6 Å². The molecule has 1 aliphatic rings. The molecule has 0 amide bonds. The highest BCUT2D eigenvalue weighted by Gasteiger charge is 2.43. The number of rotatable bonds is 6. The van der Waals surface area contributed by atoms with Gasteiger partial charge in [-0.15, -0.1) is 0 Å². The molecule has 0 spiro atoms. The predicted octanol–water partition coefficient (Wildman–Crippen LogP) is 3.43. The van der Waals surface area contributed by atoms with E-state index in [0.29, 0.717) is 6.04 Å². The summed E-state index contributed by atoms with van der Waals surface area (Å²) in [6.07, 6.45) is 4.55. The van der Waals surface area contributed by atoms with Crippen LogP contribution < -0.4 is 5.32 Å². The van der Waals surface area contributed by atoms with Crippen molar-refractivity contribution in [1.82, 2.24) is 5.32 Å². The van der Waals surface area contributed by atoms with Crippen molar-refractivity contribution in [2.24, 2.45) is 0 Å². The molecule has 1 aliphatic carbocycles. The molecular formula is C15H22ClNO. The lowest BCUT2D eigenvalue weighted by molar-refractivity contribution is -0.0978. The van der Waals surface area contributed by atoms with Crippen LogP contribution in [0.25, 0.3) is 0 Å². The van der Waals surface area contributed by atoms with Crippen LogP contribution in [0, 0.1) is 0 Å². The van der Waals surface area contributed by atoms with Gasteiger partial charge in [0.05, 0.1) is 5.60 Å². The summed E-state index contributed by atoms with van der Waals surface area (Å²) < 4.78 is 5.80. The minimum Gasteiger partial charge on any atom is -0.377 e. The number of nitrogens with one attached hydrogen (secondary N) is 1. The van der Waals surface area contributed by atoms with Crippen LogP contribution in [0.5, 0.6) is 0 Å². The minimum atomic E-state index is 0.0261. The molecule has 0 aliphatic heterocycles. The molecule has 0 bridgehead atoms. The summed E-state index contributed by atoms with van der Waals surface area (Å²) in [7, 11) is 1.83. The number of likely N-dealkylation sites (N-methyl/N-ethyl adjacent to an activating group) is 1. The predicted molar refractivity (Wildman–Crippen MR) is 76.2 cm³/mol. The molecule has 1 N–H and O–H groups in total. The normalized spacial score (nSPS) is 19.3. The van der Waals surface area contributed by atoms with Crippen LogP contribution in [-0.4, -0.2) is 25.3 Å². The van der Waals surface area contributed by atoms with Gasteiger partial charge in [-0.3, -0.25) is 0 Å². The zero-order valence-corrected chi connectivity index (χ0v) is 12.0. The number of ether oxygens (including phenoxy) is 1. The standard InChI is InChI=1S/C15H22ClNO/c1-3-17-14(15(18-2)8-5-9-15)11-12-6-4-7-13(16)10-12/h4,6-7,10,14,17H,3,5,8-9,11H2,1-2H3. The molecule has 1 atom stereocenters. The van der Waals surface area contributed by atoms with E-state index >= 15 is 0 Å². The lowest BCUT2D eigenvalue weighted by Crippen LogP contribution is -2.57. The monoisotopic (exact) mass is 267 g/mol. The van der Waals surface area contributed by atoms with Crippen LogP contribution in [-0.2, 0) is 11.2 Å². The molecule has 0 heterocycles. The Morgan fingerprint density at radius 3 is 2.72 bits per heavy atom. The van der Waals surface area contributed by atoms with Gasteiger partial charge >= 0.3 is 0 Å². The first kappa shape index (κ1) is 13.9. The molecule has 2 nitrogen and oxygen atoms in total. The molecule has 1 aromatic rings. The number of hydrogen-bond acceptors (Lipinski definition) is 2. The Labute approximate surface area is 115 Å². The van der Waals surface area contributed by atoms with Crippen molar-refractivity contribution in [2.45, 2.75) is 44.2 Å². The summed E-state index contributed by atoms with van der Waals surface area (Å²) >= 11 is 6.05. The van der Waals surface area contributed by atoms with Gasteiger partial charge in [0.2, 0.25) is 0 Å². The van der Waals surface area contributed by atoms with Crippen molar-refractivity contribution in [3.8, 4) is 0 Å². The topological polar surface area (TPSA) is 21.3 Å². The molecule has 1 fully saturated rings. The van der Waals surface area contributed by atoms with E-state index in [1.54, 1.807) is 0 Å². The quantitative estimate of drug-likeness (QED) is 0.853. The second-order valence-electron chi connectivity index (χ2n) is 5.07. The van der Waals surface area contributed by atoms with E-state index in [0.717, 1.165) is 30.8 Å². The van der Waals surface area contributed by atoms with Gasteiger partial charge < -0.3 is 10.1 Å². The van der Waals surface area contributed by atoms with Crippen LogP contribution in [0.2, 0.25) is 5.02 Å². The zero-order valence-electron chi connectivity index (χ0n) is 11.2. The van der Waals surface area contributed by atoms with Gasteiger partial charge in [0, 0.05) is 18.2 Å². The van der Waals surface area contributed by atoms with Crippen molar-refractivity contribution in [3.63, 3.8) is 0 Å². The maximum absolute atomic E-state index is 6.05. The largest absolute Gasteiger partial charge is 0.377 e. The fraction of sp³-hybridized carbons (Fsp3) is 0.600. The average Bonchev–Trinajstić information content (AvgIpc) is 2.28. The van der Waals surface area contributed by atoms with Gasteiger partial charge in [-0.1, -0.05) is 30.7 Å². The maximum Gasteiger partial charge on any atom is 0.0834 e. The highest BCUT2D eigenvalue weighted by Crippen LogP contribution is 2.39. The molecule has 1 aromatic carbocycles. The fourth-order valence-electron chi connectivity index (χ4n) is 2.81. The van der Waals surface area contributed by atoms with Gasteiger partial charge in [-0.2, -0.15) is 0 Å². The second-order valence-corrected chi connectivity index (χ2v) is 5.50. The van der Waals surface area contributed by atoms with Gasteiger partial charge in [-0.25, -0.2) is 0 Å². The minimum absolute atomic E-state index is 0.0261. The maximum atomic E-state index is 6.05. The molecule has 0 radical (unpaired) electrons. The molecule has 1 unspecified atom stereocenters. The molecule has 0 aromatic heterocycles. The highest BCUT2D eigenvalue weighted by atomic mass is 35.5. The van der Waals surface area contributed by atoms with E-state index in [4.69, 9.17) is 16.3 Å². The summed E-state index contributed by atoms with van der Waals surface area (Å²) in [5.74, 6) is 0. The summed E-state index contributed by atoms with van der Waals surface area (Å²) in [5, 5.41) is 4.38. The number of benzene rings is 1. The molecule has 2 rings (SSSR count). The second kappa shape index (κ2) is 6.05. The first-order valence-electron chi connectivity index (χ1n) is 6.73. The van der Waals surface area contributed by atoms with Crippen LogP contribution in [0.1, 0.15) is 31.7 Å². The van der Waals surface area contributed by atoms with Crippen LogP contribution in [0.4, 0.5) is 0 Å². The number of halogens is 1. The first-order chi connectivity index (χ1) is 8.70. The Morgan fingerprint density at radius 2 is 2.22 bits per heavy atom. The van der Waals surface area contributed by atoms with Crippen molar-refractivity contribution < 1.29 is 4.74 Å². The molecule has 3 heteroatoms. The van der Waals surface area contributed by atoms with Gasteiger partial charge in [0.1, 0.15) is 0 Å². The van der Waals surface area contributed by atoms with E-state index in [1.807, 2.05) is 25.3 Å². The summed E-state index contributed by atoms with van der Waals surface area (Å²) in [5.41, 5.74) is 1.30. The summed E-state index contributed by atoms with van der Waals surface area (Å²) in [4.78, 5) is 0. The Bertz CT molecular complexity index is 384. The Balaban J connectivity index is 2.11. The number of methoxy groups -OCH3 is 1. The van der Waals surface area contributed by atoms with Gasteiger partial charge in [-0.05, 0) is 49.9 Å². The van der Waals surface area contributed by atoms with Crippen LogP contribution in [0.15, 0.2) is 24.3 Å². The summed E-state index contributed by atoms with van der Waals surface area (Å²) in [6, 6.07) is 8.50. The van der Waals surface area contributed by atoms with E-state index in [1.165, 1.54) is 12.0 Å². The van der Waals surface area contributed by atoms with Crippen molar-refractivity contribution in [2.75, 3.05) is 13.7 Å². The Hall–Kier alpha value is -0.570. The molecule has 1 saturated carbocycles. The third-order valence-electron chi connectivity index (χ3n) is 4.02. The van der Waals surface area contributed by atoms with E-state index in [-0.39, 0.29) is 5.60 Å². The smallest absolute Gasteiger partial charge is 0.0834 e. The molecular weight excluding hydrogens is 246 g/mol. The van der Waals surface area contributed by atoms with Crippen LogP contribution in [0.3, 0.4) is 0 Å². The van der Waals surface area contributed by atoms with Crippen molar-refractivity contribution in [3.05, 3.63) is 34.9 Å². The highest BCUT2D eigenvalue weighted by molar-refractivity contribution is 6.30. The lowest BCUT2D eigenvalue weighted by atomic mass is 9.72. The molecule has 100 valence electrons. The molecule has 0 saturated heterocycles. The average molecular weight is 268 g/mol. The van der Waals surface area contributed by atoms with Gasteiger partial charge in [0.25, 0.3) is 0 Å². The van der Waals surface area contributed by atoms with E-state index < -0.39 is 0 Å². The van der Waals surface area contributed by atoms with Crippen LogP contribution >= 0.6 is 11.6 Å². The van der Waals surface area contributed by atoms with E-state index in [9.17, 15) is 0 Å². The third kappa shape index (κ3) is 2.87. The Morgan fingerprint density at radius 1 is 1.44 bits per heavy atom. The zero-order chi connectivity index (χ0) is 13.0. The Kier molecular flexibility index (Phi) is 4.66. The number of hydrogen-bond donors (Lipinski definition) is 1. The third-order valence-corrected chi connectivity index (χ3v) is 4.26. The van der Waals surface area contributed by atoms with E-state index in [2.05, 4.69) is 18.3 Å². The first-order valence-corrected chi connectivity index (χ1v) is 7.11. The fourth-order valence-corrected chi connectivity index (χ4v) is 3.02. The lowest BCUT2D eigenvalue weighted by Gasteiger charge is -2.47. The molecule has 18 heavy (non-hydrogen) atoms. The van der Waals surface area contributed by atoms with Gasteiger partial charge in [0.15, 0.2) is 0 Å². The SMILES string of the molecule is CCNC(Cc1cccc(Cl)c1)C1(OC)CCC1.